The first-order chi connectivity index (χ1) is 17.2. The largest absolute Gasteiger partial charge is 0.347 e. The predicted octanol–water partition coefficient (Wildman–Crippen LogP) is 7.30. The molecule has 1 aromatic carbocycles. The van der Waals surface area contributed by atoms with Gasteiger partial charge in [-0.15, -0.1) is 28.3 Å². The average molecular weight is 569 g/mol. The number of hydrogen-bond acceptors (Lipinski definition) is 4. The molecular weight excluding hydrogens is 537 g/mol. The Labute approximate surface area is 225 Å². The van der Waals surface area contributed by atoms with Gasteiger partial charge in [-0.1, -0.05) is 6.42 Å². The van der Waals surface area contributed by atoms with E-state index in [4.69, 9.17) is 4.98 Å². The molecule has 1 aliphatic rings. The van der Waals surface area contributed by atoms with Gasteiger partial charge in [0, 0.05) is 65.0 Å². The number of likely N-dealkylation sites (tertiary alicyclic amines) is 1. The zero-order valence-corrected chi connectivity index (χ0v) is 23.0. The molecule has 0 radical (unpaired) electrons. The summed E-state index contributed by atoms with van der Waals surface area (Å²) >= 11 is 1.61. The van der Waals surface area contributed by atoms with Gasteiger partial charge in [0.05, 0.1) is 5.69 Å². The van der Waals surface area contributed by atoms with Gasteiger partial charge in [-0.2, -0.15) is 0 Å². The highest BCUT2D eigenvalue weighted by molar-refractivity contribution is 8.93. The number of unbranched alkanes of at least 4 members (excludes halogenated alkanes) is 1. The predicted molar refractivity (Wildman–Crippen MR) is 153 cm³/mol. The summed E-state index contributed by atoms with van der Waals surface area (Å²) in [6.45, 7) is 4.60. The summed E-state index contributed by atoms with van der Waals surface area (Å²) in [5.41, 5.74) is 5.03. The monoisotopic (exact) mass is 567 g/mol. The van der Waals surface area contributed by atoms with Crippen LogP contribution in [0.2, 0.25) is 0 Å². The molecule has 6 rings (SSSR count). The van der Waals surface area contributed by atoms with Gasteiger partial charge < -0.3 is 14.0 Å². The Hall–Kier alpha value is -2.55. The van der Waals surface area contributed by atoms with E-state index in [-0.39, 0.29) is 22.8 Å². The standard InChI is InChI=1S/C28H30FN5S.BrH/c1-32-17-23(21-8-7-11-30-27(21)32)25-19-35-28(31-25)24-18-34(26-10-9-20(29)16-22(24)26)15-6-5-14-33-12-3-2-4-13-33;/h7-11,16-19H,2-6,12-15H2,1H3;1H. The second-order valence-corrected chi connectivity index (χ2v) is 10.4. The van der Waals surface area contributed by atoms with Gasteiger partial charge in [-0.3, -0.25) is 0 Å². The van der Waals surface area contributed by atoms with E-state index in [9.17, 15) is 4.39 Å². The summed E-state index contributed by atoms with van der Waals surface area (Å²) in [5, 5.41) is 5.04. The van der Waals surface area contributed by atoms with Crippen LogP contribution in [0.25, 0.3) is 43.8 Å². The minimum Gasteiger partial charge on any atom is -0.347 e. The lowest BCUT2D eigenvalue weighted by Crippen LogP contribution is -2.30. The third kappa shape index (κ3) is 4.86. The normalized spacial score (nSPS) is 14.5. The lowest BCUT2D eigenvalue weighted by molar-refractivity contribution is 0.223. The van der Waals surface area contributed by atoms with Gasteiger partial charge in [0.15, 0.2) is 0 Å². The number of aryl methyl sites for hydroxylation is 2. The number of pyridine rings is 1. The molecule has 0 aliphatic carbocycles. The van der Waals surface area contributed by atoms with Crippen molar-refractivity contribution in [2.24, 2.45) is 7.05 Å². The lowest BCUT2D eigenvalue weighted by Gasteiger charge is -2.26. The Kier molecular flexibility index (Phi) is 7.55. The average Bonchev–Trinajstić information content (AvgIpc) is 3.58. The third-order valence-corrected chi connectivity index (χ3v) is 8.03. The smallest absolute Gasteiger partial charge is 0.140 e. The van der Waals surface area contributed by atoms with Crippen LogP contribution in [0.4, 0.5) is 4.39 Å². The van der Waals surface area contributed by atoms with Crippen LogP contribution < -0.4 is 0 Å². The van der Waals surface area contributed by atoms with Gasteiger partial charge in [-0.05, 0) is 75.6 Å². The van der Waals surface area contributed by atoms with E-state index in [0.717, 1.165) is 56.7 Å². The molecule has 4 aromatic heterocycles. The van der Waals surface area contributed by atoms with Crippen LogP contribution in [0.1, 0.15) is 32.1 Å². The van der Waals surface area contributed by atoms with Crippen LogP contribution in [0.5, 0.6) is 0 Å². The molecular formula is C28H31BrFN5S. The first-order valence-electron chi connectivity index (χ1n) is 12.5. The molecule has 5 heterocycles. The summed E-state index contributed by atoms with van der Waals surface area (Å²) in [6.07, 6.45) is 12.4. The second kappa shape index (κ2) is 10.8. The summed E-state index contributed by atoms with van der Waals surface area (Å²) in [6, 6.07) is 9.16. The fraction of sp³-hybridized carbons (Fsp3) is 0.357. The maximum absolute atomic E-state index is 14.3. The van der Waals surface area contributed by atoms with Crippen LogP contribution in [0.15, 0.2) is 54.3 Å². The fourth-order valence-electron chi connectivity index (χ4n) is 5.36. The Balaban J connectivity index is 0.00000267. The number of benzene rings is 1. The molecule has 0 saturated carbocycles. The van der Waals surface area contributed by atoms with E-state index in [1.54, 1.807) is 23.5 Å². The minimum atomic E-state index is -0.210. The zero-order chi connectivity index (χ0) is 23.8. The van der Waals surface area contributed by atoms with Gasteiger partial charge in [0.25, 0.3) is 0 Å². The van der Waals surface area contributed by atoms with Crippen molar-refractivity contribution >= 4 is 50.3 Å². The molecule has 0 N–H and O–H groups in total. The van der Waals surface area contributed by atoms with Crippen LogP contribution in [-0.4, -0.2) is 43.6 Å². The molecule has 36 heavy (non-hydrogen) atoms. The Bertz CT molecular complexity index is 1480. The number of thiazole rings is 1. The van der Waals surface area contributed by atoms with E-state index in [2.05, 4.69) is 38.3 Å². The van der Waals surface area contributed by atoms with Gasteiger partial charge in [0.1, 0.15) is 16.5 Å². The molecule has 0 bridgehead atoms. The Morgan fingerprint density at radius 2 is 1.81 bits per heavy atom. The highest BCUT2D eigenvalue weighted by Gasteiger charge is 2.17. The second-order valence-electron chi connectivity index (χ2n) is 9.57. The van der Waals surface area contributed by atoms with Gasteiger partial charge >= 0.3 is 0 Å². The first kappa shape index (κ1) is 25.1. The van der Waals surface area contributed by atoms with Crippen molar-refractivity contribution in [3.63, 3.8) is 0 Å². The molecule has 0 spiro atoms. The van der Waals surface area contributed by atoms with Crippen LogP contribution >= 0.6 is 28.3 Å². The molecule has 1 fully saturated rings. The van der Waals surface area contributed by atoms with Crippen molar-refractivity contribution in [2.45, 2.75) is 38.6 Å². The molecule has 1 saturated heterocycles. The van der Waals surface area contributed by atoms with E-state index < -0.39 is 0 Å². The van der Waals surface area contributed by atoms with Crippen LogP contribution in [-0.2, 0) is 13.6 Å². The van der Waals surface area contributed by atoms with Gasteiger partial charge in [0.2, 0.25) is 0 Å². The van der Waals surface area contributed by atoms with E-state index >= 15 is 0 Å². The topological polar surface area (TPSA) is 38.9 Å². The number of nitrogens with zero attached hydrogens (tertiary/aromatic N) is 5. The molecule has 188 valence electrons. The number of halogens is 2. The number of fused-ring (bicyclic) bond motifs is 2. The van der Waals surface area contributed by atoms with Crippen molar-refractivity contribution in [1.82, 2.24) is 24.0 Å². The molecule has 0 amide bonds. The molecule has 8 heteroatoms. The van der Waals surface area contributed by atoms with Crippen molar-refractivity contribution in [3.8, 4) is 21.8 Å². The summed E-state index contributed by atoms with van der Waals surface area (Å²) in [4.78, 5) is 12.1. The third-order valence-electron chi connectivity index (χ3n) is 7.16. The zero-order valence-electron chi connectivity index (χ0n) is 20.5. The number of rotatable bonds is 7. The molecule has 1 aliphatic heterocycles. The number of aromatic nitrogens is 4. The van der Waals surface area contributed by atoms with Crippen molar-refractivity contribution < 1.29 is 4.39 Å². The van der Waals surface area contributed by atoms with E-state index in [0.29, 0.717) is 0 Å². The molecule has 5 aromatic rings. The highest BCUT2D eigenvalue weighted by atomic mass is 79.9. The lowest BCUT2D eigenvalue weighted by atomic mass is 10.1. The molecule has 0 unspecified atom stereocenters. The summed E-state index contributed by atoms with van der Waals surface area (Å²) in [7, 11) is 2.01. The minimum absolute atomic E-state index is 0. The maximum atomic E-state index is 14.3. The van der Waals surface area contributed by atoms with E-state index in [1.165, 1.54) is 45.3 Å². The number of piperidine rings is 1. The maximum Gasteiger partial charge on any atom is 0.140 e. The fourth-order valence-corrected chi connectivity index (χ4v) is 6.21. The van der Waals surface area contributed by atoms with Crippen LogP contribution in [0.3, 0.4) is 0 Å². The highest BCUT2D eigenvalue weighted by Crippen LogP contribution is 2.37. The Morgan fingerprint density at radius 1 is 0.972 bits per heavy atom. The number of hydrogen-bond donors (Lipinski definition) is 0. The summed E-state index contributed by atoms with van der Waals surface area (Å²) < 4.78 is 18.6. The van der Waals surface area contributed by atoms with Crippen molar-refractivity contribution in [1.29, 1.82) is 0 Å². The van der Waals surface area contributed by atoms with Gasteiger partial charge in [-0.25, -0.2) is 14.4 Å². The van der Waals surface area contributed by atoms with Crippen molar-refractivity contribution in [2.75, 3.05) is 19.6 Å². The summed E-state index contributed by atoms with van der Waals surface area (Å²) in [5.74, 6) is -0.210. The molecule has 5 nitrogen and oxygen atoms in total. The van der Waals surface area contributed by atoms with E-state index in [1.807, 2.05) is 29.9 Å². The quantitative estimate of drug-likeness (QED) is 0.194. The molecule has 0 atom stereocenters. The van der Waals surface area contributed by atoms with Crippen LogP contribution in [0, 0.1) is 5.82 Å². The first-order valence-corrected chi connectivity index (χ1v) is 13.4. The Morgan fingerprint density at radius 3 is 2.67 bits per heavy atom. The SMILES string of the molecule is Br.Cn1cc(-c2csc(-c3cn(CCCCN4CCCCC4)c4ccc(F)cc34)n2)c2cccnc21. The van der Waals surface area contributed by atoms with Crippen molar-refractivity contribution in [3.05, 3.63) is 60.1 Å².